The summed E-state index contributed by atoms with van der Waals surface area (Å²) in [5, 5.41) is 3.87. The largest absolute Gasteiger partial charge is 0.324 e. The van der Waals surface area contributed by atoms with E-state index in [1.54, 1.807) is 6.07 Å². The Balaban J connectivity index is 1.92. The summed E-state index contributed by atoms with van der Waals surface area (Å²) in [5.41, 5.74) is 3.29. The molecule has 0 radical (unpaired) electrons. The first-order valence-electron chi connectivity index (χ1n) is 7.61. The highest BCUT2D eigenvalue weighted by molar-refractivity contribution is 14.1. The predicted octanol–water partition coefficient (Wildman–Crippen LogP) is 3.86. The van der Waals surface area contributed by atoms with Gasteiger partial charge in [-0.3, -0.25) is 14.2 Å². The van der Waals surface area contributed by atoms with Crippen LogP contribution in [0.5, 0.6) is 0 Å². The summed E-state index contributed by atoms with van der Waals surface area (Å²) >= 11 is 2.23. The zero-order valence-electron chi connectivity index (χ0n) is 13.5. The molecule has 0 saturated heterocycles. The molecular weight excluding hydrogens is 415 g/mol. The Hall–Kier alpha value is -2.15. The van der Waals surface area contributed by atoms with Crippen molar-refractivity contribution in [3.63, 3.8) is 0 Å². The molecule has 0 aliphatic heterocycles. The van der Waals surface area contributed by atoms with Crippen LogP contribution < -0.4 is 10.9 Å². The van der Waals surface area contributed by atoms with Gasteiger partial charge in [-0.1, -0.05) is 18.2 Å². The molecule has 3 aromatic rings. The summed E-state index contributed by atoms with van der Waals surface area (Å²) in [7, 11) is 0. The second-order valence-electron chi connectivity index (χ2n) is 5.78. The molecule has 1 aromatic heterocycles. The van der Waals surface area contributed by atoms with Gasteiger partial charge in [-0.2, -0.15) is 0 Å². The lowest BCUT2D eigenvalue weighted by atomic mass is 10.1. The Morgan fingerprint density at radius 2 is 1.83 bits per heavy atom. The zero-order chi connectivity index (χ0) is 17.3. The van der Waals surface area contributed by atoms with E-state index in [2.05, 4.69) is 27.9 Å². The number of anilines is 1. The number of carbonyl (C=O) groups is 1. The lowest BCUT2D eigenvalue weighted by molar-refractivity contribution is -0.116. The van der Waals surface area contributed by atoms with E-state index < -0.39 is 0 Å². The van der Waals surface area contributed by atoms with E-state index >= 15 is 0 Å². The third kappa shape index (κ3) is 3.36. The number of carbonyl (C=O) groups excluding carboxylic acids is 1. The maximum atomic E-state index is 12.4. The quantitative estimate of drug-likeness (QED) is 0.640. The lowest BCUT2D eigenvalue weighted by Crippen LogP contribution is -2.28. The number of benzene rings is 2. The van der Waals surface area contributed by atoms with Crippen molar-refractivity contribution in [2.24, 2.45) is 0 Å². The standard InChI is InChI=1S/C19H17IN2O2/c1-12-10-19(24)22(17-6-4-3-5-15(12)17)11-18(23)21-16-8-7-14(20)9-13(16)2/h3-10H,11H2,1-2H3,(H,21,23). The molecule has 0 spiro atoms. The van der Waals surface area contributed by atoms with Crippen LogP contribution >= 0.6 is 22.6 Å². The molecule has 0 atom stereocenters. The van der Waals surface area contributed by atoms with Crippen molar-refractivity contribution in [3.05, 3.63) is 73.6 Å². The SMILES string of the molecule is Cc1cc(I)ccc1NC(=O)Cn1c(=O)cc(C)c2ccccc21. The van der Waals surface area contributed by atoms with Crippen LogP contribution in [0.15, 0.2) is 53.3 Å². The Labute approximate surface area is 153 Å². The van der Waals surface area contributed by atoms with Gasteiger partial charge in [-0.25, -0.2) is 0 Å². The van der Waals surface area contributed by atoms with Gasteiger partial charge < -0.3 is 5.32 Å². The Bertz CT molecular complexity index is 992. The molecule has 0 unspecified atom stereocenters. The van der Waals surface area contributed by atoms with Gasteiger partial charge in [0.25, 0.3) is 5.56 Å². The van der Waals surface area contributed by atoms with Crippen molar-refractivity contribution >= 4 is 45.1 Å². The molecule has 1 amide bonds. The number of hydrogen-bond acceptors (Lipinski definition) is 2. The fourth-order valence-corrected chi connectivity index (χ4v) is 3.41. The van der Waals surface area contributed by atoms with Crippen molar-refractivity contribution in [2.75, 3.05) is 5.32 Å². The minimum Gasteiger partial charge on any atom is -0.324 e. The van der Waals surface area contributed by atoms with Crippen LogP contribution in [-0.2, 0) is 11.3 Å². The average Bonchev–Trinajstić information content (AvgIpc) is 2.54. The summed E-state index contributed by atoms with van der Waals surface area (Å²) in [6.45, 7) is 3.85. The number of amides is 1. The van der Waals surface area contributed by atoms with E-state index in [1.807, 2.05) is 56.3 Å². The van der Waals surface area contributed by atoms with E-state index in [0.29, 0.717) is 0 Å². The van der Waals surface area contributed by atoms with Crippen LogP contribution in [0.1, 0.15) is 11.1 Å². The summed E-state index contributed by atoms with van der Waals surface area (Å²) in [4.78, 5) is 24.8. The Morgan fingerprint density at radius 1 is 1.08 bits per heavy atom. The fourth-order valence-electron chi connectivity index (χ4n) is 2.77. The van der Waals surface area contributed by atoms with Gasteiger partial charge in [0.15, 0.2) is 0 Å². The van der Waals surface area contributed by atoms with Crippen LogP contribution in [0.3, 0.4) is 0 Å². The Morgan fingerprint density at radius 3 is 2.58 bits per heavy atom. The van der Waals surface area contributed by atoms with E-state index in [-0.39, 0.29) is 18.0 Å². The van der Waals surface area contributed by atoms with E-state index in [0.717, 1.165) is 31.3 Å². The molecule has 0 aliphatic rings. The van der Waals surface area contributed by atoms with Crippen LogP contribution in [0.2, 0.25) is 0 Å². The second-order valence-corrected chi connectivity index (χ2v) is 7.02. The minimum absolute atomic E-state index is 0.00888. The van der Waals surface area contributed by atoms with E-state index in [9.17, 15) is 9.59 Å². The van der Waals surface area contributed by atoms with Crippen LogP contribution in [-0.4, -0.2) is 10.5 Å². The molecule has 4 nitrogen and oxygen atoms in total. The highest BCUT2D eigenvalue weighted by Gasteiger charge is 2.11. The molecule has 1 N–H and O–H groups in total. The number of pyridine rings is 1. The third-order valence-electron chi connectivity index (χ3n) is 3.99. The Kier molecular flexibility index (Phi) is 4.71. The second kappa shape index (κ2) is 6.76. The number of hydrogen-bond donors (Lipinski definition) is 1. The zero-order valence-corrected chi connectivity index (χ0v) is 15.6. The van der Waals surface area contributed by atoms with Crippen LogP contribution in [0.4, 0.5) is 5.69 Å². The van der Waals surface area contributed by atoms with Gasteiger partial charge in [0, 0.05) is 20.7 Å². The van der Waals surface area contributed by atoms with Crippen molar-refractivity contribution < 1.29 is 4.79 Å². The average molecular weight is 432 g/mol. The number of nitrogens with one attached hydrogen (secondary N) is 1. The van der Waals surface area contributed by atoms with Gasteiger partial charge in [0.2, 0.25) is 5.91 Å². The monoisotopic (exact) mass is 432 g/mol. The smallest absolute Gasteiger partial charge is 0.251 e. The number of aromatic nitrogens is 1. The van der Waals surface area contributed by atoms with Gasteiger partial charge in [-0.05, 0) is 71.8 Å². The van der Waals surface area contributed by atoms with Crippen molar-refractivity contribution in [2.45, 2.75) is 20.4 Å². The summed E-state index contributed by atoms with van der Waals surface area (Å²) in [6.07, 6.45) is 0. The molecule has 1 heterocycles. The molecule has 5 heteroatoms. The molecule has 0 bridgehead atoms. The third-order valence-corrected chi connectivity index (χ3v) is 4.66. The number of para-hydroxylation sites is 1. The molecule has 122 valence electrons. The lowest BCUT2D eigenvalue weighted by Gasteiger charge is -2.13. The number of nitrogens with zero attached hydrogens (tertiary/aromatic N) is 1. The maximum absolute atomic E-state index is 12.4. The molecule has 24 heavy (non-hydrogen) atoms. The molecular formula is C19H17IN2O2. The highest BCUT2D eigenvalue weighted by atomic mass is 127. The number of rotatable bonds is 3. The fraction of sp³-hybridized carbons (Fsp3) is 0.158. The van der Waals surface area contributed by atoms with Crippen LogP contribution in [0, 0.1) is 17.4 Å². The minimum atomic E-state index is -0.213. The first kappa shape index (κ1) is 16.7. The van der Waals surface area contributed by atoms with Gasteiger partial charge in [0.1, 0.15) is 6.54 Å². The van der Waals surface area contributed by atoms with Crippen molar-refractivity contribution in [3.8, 4) is 0 Å². The topological polar surface area (TPSA) is 51.1 Å². The first-order chi connectivity index (χ1) is 11.5. The molecule has 0 aliphatic carbocycles. The molecule has 3 rings (SSSR count). The van der Waals surface area contributed by atoms with Crippen molar-refractivity contribution in [1.82, 2.24) is 4.57 Å². The van der Waals surface area contributed by atoms with E-state index in [4.69, 9.17) is 0 Å². The molecule has 2 aromatic carbocycles. The number of aryl methyl sites for hydroxylation is 2. The van der Waals surface area contributed by atoms with Crippen molar-refractivity contribution in [1.29, 1.82) is 0 Å². The van der Waals surface area contributed by atoms with Gasteiger partial charge >= 0.3 is 0 Å². The summed E-state index contributed by atoms with van der Waals surface area (Å²) in [6, 6.07) is 15.0. The first-order valence-corrected chi connectivity index (χ1v) is 8.69. The number of fused-ring (bicyclic) bond motifs is 1. The molecule has 0 fully saturated rings. The maximum Gasteiger partial charge on any atom is 0.251 e. The highest BCUT2D eigenvalue weighted by Crippen LogP contribution is 2.19. The van der Waals surface area contributed by atoms with E-state index in [1.165, 1.54) is 4.57 Å². The molecule has 0 saturated carbocycles. The summed E-state index contributed by atoms with van der Waals surface area (Å²) < 4.78 is 2.63. The normalized spacial score (nSPS) is 10.8. The summed E-state index contributed by atoms with van der Waals surface area (Å²) in [5.74, 6) is -0.213. The van der Waals surface area contributed by atoms with Crippen LogP contribution in [0.25, 0.3) is 10.9 Å². The van der Waals surface area contributed by atoms with Gasteiger partial charge in [0.05, 0.1) is 5.52 Å². The predicted molar refractivity (Wildman–Crippen MR) is 105 cm³/mol. The van der Waals surface area contributed by atoms with Gasteiger partial charge in [-0.15, -0.1) is 0 Å². The number of halogens is 1.